The van der Waals surface area contributed by atoms with Crippen LogP contribution in [0.5, 0.6) is 5.75 Å². The summed E-state index contributed by atoms with van der Waals surface area (Å²) in [5.41, 5.74) is 9.83. The molecule has 0 spiro atoms. The van der Waals surface area contributed by atoms with Crippen molar-refractivity contribution in [3.8, 4) is 16.9 Å². The lowest BCUT2D eigenvalue weighted by Crippen LogP contribution is -2.45. The number of likely N-dealkylation sites (tertiary alicyclic amines) is 2. The number of aromatic amines is 1. The third kappa shape index (κ3) is 5.42. The first kappa shape index (κ1) is 26.0. The number of aromatic nitrogens is 3. The number of anilines is 1. The predicted octanol–water partition coefficient (Wildman–Crippen LogP) is 4.16. The van der Waals surface area contributed by atoms with Gasteiger partial charge in [-0.3, -0.25) is 9.59 Å². The molecule has 1 amide bonds. The highest BCUT2D eigenvalue weighted by Crippen LogP contribution is 2.29. The van der Waals surface area contributed by atoms with Crippen LogP contribution in [0, 0.1) is 6.92 Å². The normalized spacial score (nSPS) is 16.5. The minimum atomic E-state index is -0.180. The smallest absolute Gasteiger partial charge is 0.258 e. The van der Waals surface area contributed by atoms with Crippen LogP contribution in [0.25, 0.3) is 22.0 Å². The van der Waals surface area contributed by atoms with E-state index in [9.17, 15) is 9.59 Å². The molecule has 0 aliphatic carbocycles. The van der Waals surface area contributed by atoms with Crippen molar-refractivity contribution in [1.82, 2.24) is 24.8 Å². The van der Waals surface area contributed by atoms with Gasteiger partial charge in [0.15, 0.2) is 11.6 Å². The number of hydrogen-bond donors (Lipinski definition) is 2. The fourth-order valence-electron chi connectivity index (χ4n) is 5.81. The quantitative estimate of drug-likeness (QED) is 0.379. The van der Waals surface area contributed by atoms with E-state index < -0.39 is 0 Å². The van der Waals surface area contributed by atoms with Crippen LogP contribution in [-0.2, 0) is 6.61 Å². The fourth-order valence-corrected chi connectivity index (χ4v) is 5.81. The maximum absolute atomic E-state index is 13.2. The number of amides is 1. The highest BCUT2D eigenvalue weighted by Gasteiger charge is 2.28. The van der Waals surface area contributed by atoms with Gasteiger partial charge in [0.05, 0.1) is 10.9 Å². The van der Waals surface area contributed by atoms with Crippen molar-refractivity contribution < 1.29 is 9.53 Å². The molecule has 206 valence electrons. The summed E-state index contributed by atoms with van der Waals surface area (Å²) >= 11 is 0. The summed E-state index contributed by atoms with van der Waals surface area (Å²) in [7, 11) is 0. The summed E-state index contributed by atoms with van der Waals surface area (Å²) in [6, 6.07) is 15.6. The maximum Gasteiger partial charge on any atom is 0.258 e. The number of pyridine rings is 1. The van der Waals surface area contributed by atoms with Crippen LogP contribution in [0.2, 0.25) is 0 Å². The number of aryl methyl sites for hydroxylation is 1. The molecule has 0 atom stereocenters. The van der Waals surface area contributed by atoms with Crippen LogP contribution in [-0.4, -0.2) is 62.9 Å². The molecule has 2 aliphatic heterocycles. The highest BCUT2D eigenvalue weighted by molar-refractivity contribution is 5.94. The van der Waals surface area contributed by atoms with Crippen molar-refractivity contribution in [1.29, 1.82) is 0 Å². The number of ether oxygens (including phenoxy) is 1. The Balaban J connectivity index is 1.11. The van der Waals surface area contributed by atoms with Crippen LogP contribution >= 0.6 is 0 Å². The Bertz CT molecular complexity index is 1590. The second-order valence-corrected chi connectivity index (χ2v) is 10.7. The molecule has 0 bridgehead atoms. The maximum atomic E-state index is 13.2. The van der Waals surface area contributed by atoms with Gasteiger partial charge in [-0.15, -0.1) is 0 Å². The first-order chi connectivity index (χ1) is 19.4. The van der Waals surface area contributed by atoms with Gasteiger partial charge in [0, 0.05) is 36.5 Å². The molecule has 9 heteroatoms. The molecule has 6 rings (SSSR count). The number of H-pyrrole nitrogens is 1. The molecule has 4 aromatic rings. The van der Waals surface area contributed by atoms with Gasteiger partial charge >= 0.3 is 0 Å². The Morgan fingerprint density at radius 2 is 1.77 bits per heavy atom. The van der Waals surface area contributed by atoms with E-state index in [0.29, 0.717) is 34.1 Å². The Kier molecular flexibility index (Phi) is 7.21. The fraction of sp³-hybridized carbons (Fsp3) is 0.355. The molecule has 2 aromatic carbocycles. The predicted molar refractivity (Wildman–Crippen MR) is 155 cm³/mol. The molecule has 2 aromatic heterocycles. The van der Waals surface area contributed by atoms with Gasteiger partial charge in [-0.05, 0) is 87.2 Å². The van der Waals surface area contributed by atoms with Gasteiger partial charge in [-0.1, -0.05) is 18.2 Å². The summed E-state index contributed by atoms with van der Waals surface area (Å²) in [5.74, 6) is 1.40. The minimum absolute atomic E-state index is 0.0884. The first-order valence-corrected chi connectivity index (χ1v) is 14.0. The van der Waals surface area contributed by atoms with Gasteiger partial charge in [-0.25, -0.2) is 9.97 Å². The summed E-state index contributed by atoms with van der Waals surface area (Å²) in [6.45, 7) is 6.01. The van der Waals surface area contributed by atoms with Gasteiger partial charge in [0.1, 0.15) is 12.4 Å². The molecule has 9 nitrogen and oxygen atoms in total. The molecule has 0 radical (unpaired) electrons. The molecule has 4 heterocycles. The largest absolute Gasteiger partial charge is 0.485 e. The van der Waals surface area contributed by atoms with Crippen LogP contribution < -0.4 is 16.0 Å². The standard InChI is InChI=1S/C31H34N6O3/c1-20-34-27-9-4-21(16-26(27)30(38)35-20)19-40-28-17-24(18-33-29(28)32)22-5-7-23(8-6-22)31(39)37-14-10-25(11-15-37)36-12-2-3-13-36/h4-9,16-18,25H,2-3,10-15,19H2,1H3,(H2,32,33)(H,34,35,38). The summed E-state index contributed by atoms with van der Waals surface area (Å²) in [6.07, 6.45) is 6.40. The second kappa shape index (κ2) is 11.1. The number of nitrogens with zero attached hydrogens (tertiary/aromatic N) is 4. The zero-order chi connectivity index (χ0) is 27.6. The number of benzene rings is 2. The molecular formula is C31H34N6O3. The van der Waals surface area contributed by atoms with Crippen LogP contribution in [0.15, 0.2) is 59.5 Å². The third-order valence-electron chi connectivity index (χ3n) is 8.04. The Morgan fingerprint density at radius 3 is 2.52 bits per heavy atom. The van der Waals surface area contributed by atoms with Crippen molar-refractivity contribution in [2.75, 3.05) is 31.9 Å². The molecule has 0 saturated carbocycles. The lowest BCUT2D eigenvalue weighted by Gasteiger charge is -2.36. The highest BCUT2D eigenvalue weighted by atomic mass is 16.5. The van der Waals surface area contributed by atoms with Crippen LogP contribution in [0.4, 0.5) is 5.82 Å². The zero-order valence-corrected chi connectivity index (χ0v) is 22.7. The number of fused-ring (bicyclic) bond motifs is 1. The number of nitrogen functional groups attached to an aromatic ring is 1. The summed E-state index contributed by atoms with van der Waals surface area (Å²) in [5, 5.41) is 0.511. The van der Waals surface area contributed by atoms with Gasteiger partial charge < -0.3 is 25.3 Å². The Hall–Kier alpha value is -4.24. The van der Waals surface area contributed by atoms with Crippen molar-refractivity contribution in [3.63, 3.8) is 0 Å². The number of nitrogens with one attached hydrogen (secondary N) is 1. The van der Waals surface area contributed by atoms with Gasteiger partial charge in [0.25, 0.3) is 11.5 Å². The van der Waals surface area contributed by atoms with Gasteiger partial charge in [-0.2, -0.15) is 0 Å². The third-order valence-corrected chi connectivity index (χ3v) is 8.04. The molecule has 2 fully saturated rings. The van der Waals surface area contributed by atoms with Crippen molar-refractivity contribution in [3.05, 3.63) is 82.0 Å². The Labute approximate surface area is 233 Å². The van der Waals surface area contributed by atoms with Crippen molar-refractivity contribution in [2.24, 2.45) is 0 Å². The topological polar surface area (TPSA) is 117 Å². The molecule has 2 saturated heterocycles. The van der Waals surface area contributed by atoms with Crippen molar-refractivity contribution >= 4 is 22.6 Å². The summed E-state index contributed by atoms with van der Waals surface area (Å²) in [4.78, 5) is 41.4. The van der Waals surface area contributed by atoms with E-state index in [1.54, 1.807) is 19.2 Å². The minimum Gasteiger partial charge on any atom is -0.485 e. The van der Waals surface area contributed by atoms with Crippen molar-refractivity contribution in [2.45, 2.75) is 45.3 Å². The molecule has 40 heavy (non-hydrogen) atoms. The van der Waals surface area contributed by atoms with Crippen LogP contribution in [0.1, 0.15) is 47.4 Å². The van der Waals surface area contributed by atoms with E-state index in [1.165, 1.54) is 25.9 Å². The van der Waals surface area contributed by atoms with Crippen LogP contribution in [0.3, 0.4) is 0 Å². The SMILES string of the molecule is Cc1nc2ccc(COc3cc(-c4ccc(C(=O)N5CCC(N6CCCC6)CC5)cc4)cnc3N)cc2c(=O)[nH]1. The van der Waals surface area contributed by atoms with E-state index >= 15 is 0 Å². The number of carbonyl (C=O) groups excluding carboxylic acids is 1. The second-order valence-electron chi connectivity index (χ2n) is 10.7. The summed E-state index contributed by atoms with van der Waals surface area (Å²) < 4.78 is 6.00. The Morgan fingerprint density at radius 1 is 1.02 bits per heavy atom. The zero-order valence-electron chi connectivity index (χ0n) is 22.7. The number of carbonyl (C=O) groups is 1. The first-order valence-electron chi connectivity index (χ1n) is 14.0. The molecular weight excluding hydrogens is 504 g/mol. The van der Waals surface area contributed by atoms with E-state index in [-0.39, 0.29) is 23.9 Å². The number of nitrogens with two attached hydrogens (primary N) is 1. The average molecular weight is 539 g/mol. The lowest BCUT2D eigenvalue weighted by atomic mass is 10.0. The molecule has 0 unspecified atom stereocenters. The molecule has 3 N–H and O–H groups in total. The average Bonchev–Trinajstić information content (AvgIpc) is 3.52. The van der Waals surface area contributed by atoms with E-state index in [2.05, 4.69) is 19.9 Å². The van der Waals surface area contributed by atoms with E-state index in [1.807, 2.05) is 47.4 Å². The number of rotatable bonds is 6. The monoisotopic (exact) mass is 538 g/mol. The lowest BCUT2D eigenvalue weighted by molar-refractivity contribution is 0.0644. The molecule has 2 aliphatic rings. The van der Waals surface area contributed by atoms with E-state index in [0.717, 1.165) is 42.6 Å². The number of piperidine rings is 1. The van der Waals surface area contributed by atoms with E-state index in [4.69, 9.17) is 10.5 Å². The van der Waals surface area contributed by atoms with Gasteiger partial charge in [0.2, 0.25) is 0 Å². The number of hydrogen-bond acceptors (Lipinski definition) is 7.